The van der Waals surface area contributed by atoms with E-state index in [-0.39, 0.29) is 18.2 Å². The highest BCUT2D eigenvalue weighted by atomic mass is 19.1. The van der Waals surface area contributed by atoms with E-state index in [2.05, 4.69) is 13.8 Å². The Morgan fingerprint density at radius 2 is 2.00 bits per heavy atom. The Kier molecular flexibility index (Phi) is 7.48. The quantitative estimate of drug-likeness (QED) is 0.651. The number of halogens is 1. The van der Waals surface area contributed by atoms with E-state index in [1.54, 1.807) is 12.1 Å². The van der Waals surface area contributed by atoms with Crippen LogP contribution in [0.5, 0.6) is 0 Å². The lowest BCUT2D eigenvalue weighted by Crippen LogP contribution is -2.40. The van der Waals surface area contributed by atoms with Gasteiger partial charge in [0.2, 0.25) is 5.91 Å². The zero-order valence-corrected chi connectivity index (χ0v) is 13.3. The molecule has 0 fully saturated rings. The molecular formula is C17H27FN2O2. The number of hydrogen-bond donors (Lipinski definition) is 3. The fourth-order valence-electron chi connectivity index (χ4n) is 2.45. The third kappa shape index (κ3) is 6.54. The molecule has 0 aliphatic heterocycles. The molecule has 0 radical (unpaired) electrons. The molecule has 1 aromatic rings. The first-order valence-electron chi connectivity index (χ1n) is 7.77. The Hall–Kier alpha value is -1.46. The smallest absolute Gasteiger partial charge is 0.220 e. The molecule has 124 valence electrons. The van der Waals surface area contributed by atoms with E-state index in [4.69, 9.17) is 11.5 Å². The molecule has 0 unspecified atom stereocenters. The average molecular weight is 310 g/mol. The molecule has 0 saturated carbocycles. The Labute approximate surface area is 131 Å². The molecular weight excluding hydrogens is 283 g/mol. The summed E-state index contributed by atoms with van der Waals surface area (Å²) in [6, 6.07) is 5.58. The maximum Gasteiger partial charge on any atom is 0.220 e. The molecule has 5 heteroatoms. The van der Waals surface area contributed by atoms with Crippen molar-refractivity contribution in [3.63, 3.8) is 0 Å². The summed E-state index contributed by atoms with van der Waals surface area (Å²) in [6.07, 6.45) is 1.29. The van der Waals surface area contributed by atoms with Gasteiger partial charge in [-0.05, 0) is 42.9 Å². The molecule has 0 aliphatic carbocycles. The molecule has 0 spiro atoms. The maximum atomic E-state index is 13.1. The molecule has 22 heavy (non-hydrogen) atoms. The minimum Gasteiger partial charge on any atom is -0.391 e. The van der Waals surface area contributed by atoms with Gasteiger partial charge in [0, 0.05) is 12.0 Å². The highest BCUT2D eigenvalue weighted by molar-refractivity contribution is 5.76. The van der Waals surface area contributed by atoms with Crippen molar-refractivity contribution in [2.45, 2.75) is 51.7 Å². The number of aliphatic hydroxyl groups excluding tert-OH is 1. The lowest BCUT2D eigenvalue weighted by Gasteiger charge is -2.23. The molecule has 4 nitrogen and oxygen atoms in total. The topological polar surface area (TPSA) is 89.3 Å². The maximum absolute atomic E-state index is 13.1. The van der Waals surface area contributed by atoms with Crippen LogP contribution in [0.4, 0.5) is 4.39 Å². The first-order valence-corrected chi connectivity index (χ1v) is 7.77. The highest BCUT2D eigenvalue weighted by Gasteiger charge is 2.24. The molecule has 0 aromatic heterocycles. The summed E-state index contributed by atoms with van der Waals surface area (Å²) in [4.78, 5) is 11.5. The van der Waals surface area contributed by atoms with Gasteiger partial charge in [-0.3, -0.25) is 4.79 Å². The van der Waals surface area contributed by atoms with E-state index in [0.29, 0.717) is 18.8 Å². The number of nitrogens with two attached hydrogens (primary N) is 2. The van der Waals surface area contributed by atoms with Crippen LogP contribution in [0.1, 0.15) is 38.7 Å². The van der Waals surface area contributed by atoms with Crippen molar-refractivity contribution < 1.29 is 14.3 Å². The zero-order chi connectivity index (χ0) is 16.7. The van der Waals surface area contributed by atoms with Gasteiger partial charge in [0.05, 0.1) is 6.10 Å². The van der Waals surface area contributed by atoms with Crippen LogP contribution in [0, 0.1) is 17.7 Å². The number of hydrogen-bond acceptors (Lipinski definition) is 3. The van der Waals surface area contributed by atoms with Crippen LogP contribution in [-0.2, 0) is 11.2 Å². The fourth-order valence-corrected chi connectivity index (χ4v) is 2.45. The zero-order valence-electron chi connectivity index (χ0n) is 13.3. The van der Waals surface area contributed by atoms with Crippen LogP contribution in [0.2, 0.25) is 0 Å². The lowest BCUT2D eigenvalue weighted by atomic mass is 9.89. The summed E-state index contributed by atoms with van der Waals surface area (Å²) in [7, 11) is 0. The Bertz CT molecular complexity index is 479. The molecule has 5 N–H and O–H groups in total. The average Bonchev–Trinajstić information content (AvgIpc) is 2.42. The van der Waals surface area contributed by atoms with Gasteiger partial charge in [0.1, 0.15) is 5.82 Å². The second-order valence-corrected chi connectivity index (χ2v) is 6.37. The van der Waals surface area contributed by atoms with Crippen molar-refractivity contribution >= 4 is 5.91 Å². The van der Waals surface area contributed by atoms with Crippen LogP contribution in [-0.4, -0.2) is 23.2 Å². The van der Waals surface area contributed by atoms with Gasteiger partial charge >= 0.3 is 0 Å². The molecule has 1 rings (SSSR count). The SMILES string of the molecule is CC(C)CC[C@H](C[C@H](O)[C@@H](N)Cc1cccc(F)c1)C(N)=O. The van der Waals surface area contributed by atoms with Gasteiger partial charge < -0.3 is 16.6 Å². The van der Waals surface area contributed by atoms with Gasteiger partial charge in [0.15, 0.2) is 0 Å². The Morgan fingerprint density at radius 1 is 1.32 bits per heavy atom. The second kappa shape index (κ2) is 8.86. The van der Waals surface area contributed by atoms with E-state index in [9.17, 15) is 14.3 Å². The van der Waals surface area contributed by atoms with Crippen LogP contribution < -0.4 is 11.5 Å². The van der Waals surface area contributed by atoms with Gasteiger partial charge in [-0.25, -0.2) is 4.39 Å². The van der Waals surface area contributed by atoms with Crippen molar-refractivity contribution in [1.29, 1.82) is 0 Å². The molecule has 0 saturated heterocycles. The molecule has 1 aromatic carbocycles. The minimum absolute atomic E-state index is 0.249. The van der Waals surface area contributed by atoms with E-state index in [1.807, 2.05) is 0 Å². The number of amides is 1. The summed E-state index contributed by atoms with van der Waals surface area (Å²) >= 11 is 0. The van der Waals surface area contributed by atoms with Crippen LogP contribution in [0.3, 0.4) is 0 Å². The number of carbonyl (C=O) groups excluding carboxylic acids is 1. The van der Waals surface area contributed by atoms with Crippen LogP contribution >= 0.6 is 0 Å². The number of rotatable bonds is 9. The predicted octanol–water partition coefficient (Wildman–Crippen LogP) is 1.98. The van der Waals surface area contributed by atoms with Crippen molar-refractivity contribution in [1.82, 2.24) is 0 Å². The minimum atomic E-state index is -0.840. The van der Waals surface area contributed by atoms with Crippen LogP contribution in [0.15, 0.2) is 24.3 Å². The number of carbonyl (C=O) groups is 1. The summed E-state index contributed by atoms with van der Waals surface area (Å²) in [5.41, 5.74) is 12.1. The van der Waals surface area contributed by atoms with E-state index >= 15 is 0 Å². The number of benzene rings is 1. The molecule has 0 bridgehead atoms. The summed E-state index contributed by atoms with van der Waals surface area (Å²) in [5, 5.41) is 10.2. The molecule has 0 aliphatic rings. The Morgan fingerprint density at radius 3 is 2.55 bits per heavy atom. The van der Waals surface area contributed by atoms with E-state index in [0.717, 1.165) is 12.0 Å². The Balaban J connectivity index is 2.56. The first kappa shape index (κ1) is 18.6. The van der Waals surface area contributed by atoms with Crippen molar-refractivity contribution in [3.05, 3.63) is 35.6 Å². The van der Waals surface area contributed by atoms with E-state index < -0.39 is 18.1 Å². The van der Waals surface area contributed by atoms with Crippen LogP contribution in [0.25, 0.3) is 0 Å². The lowest BCUT2D eigenvalue weighted by molar-refractivity contribution is -0.123. The summed E-state index contributed by atoms with van der Waals surface area (Å²) < 4.78 is 13.1. The standard InChI is InChI=1S/C17H27FN2O2/c1-11(2)6-7-13(17(20)22)10-16(21)15(19)9-12-4-3-5-14(18)8-12/h3-5,8,11,13,15-16,21H,6-7,9-10,19H2,1-2H3,(H2,20,22)/t13-,15+,16+/m1/s1. The predicted molar refractivity (Wildman–Crippen MR) is 85.5 cm³/mol. The molecule has 3 atom stereocenters. The summed E-state index contributed by atoms with van der Waals surface area (Å²) in [5.74, 6) is -0.639. The van der Waals surface area contributed by atoms with Crippen molar-refractivity contribution in [2.75, 3.05) is 0 Å². The number of primary amides is 1. The van der Waals surface area contributed by atoms with Gasteiger partial charge in [-0.2, -0.15) is 0 Å². The molecule has 1 amide bonds. The van der Waals surface area contributed by atoms with Crippen molar-refractivity contribution in [2.24, 2.45) is 23.3 Å². The van der Waals surface area contributed by atoms with E-state index in [1.165, 1.54) is 12.1 Å². The van der Waals surface area contributed by atoms with Crippen molar-refractivity contribution in [3.8, 4) is 0 Å². The normalized spacial score (nSPS) is 15.5. The van der Waals surface area contributed by atoms with Gasteiger partial charge in [-0.1, -0.05) is 32.4 Å². The first-order chi connectivity index (χ1) is 10.3. The molecule has 0 heterocycles. The number of aliphatic hydroxyl groups is 1. The summed E-state index contributed by atoms with van der Waals surface area (Å²) in [6.45, 7) is 4.15. The highest BCUT2D eigenvalue weighted by Crippen LogP contribution is 2.19. The third-order valence-electron chi connectivity index (χ3n) is 3.88. The largest absolute Gasteiger partial charge is 0.391 e. The fraction of sp³-hybridized carbons (Fsp3) is 0.588. The van der Waals surface area contributed by atoms with Gasteiger partial charge in [0.25, 0.3) is 0 Å². The second-order valence-electron chi connectivity index (χ2n) is 6.37. The van der Waals surface area contributed by atoms with Gasteiger partial charge in [-0.15, -0.1) is 0 Å². The third-order valence-corrected chi connectivity index (χ3v) is 3.88. The monoisotopic (exact) mass is 310 g/mol.